The summed E-state index contributed by atoms with van der Waals surface area (Å²) < 4.78 is 31.0. The van der Waals surface area contributed by atoms with E-state index >= 15 is 0 Å². The first kappa shape index (κ1) is 24.9. The van der Waals surface area contributed by atoms with Crippen molar-refractivity contribution in [2.75, 3.05) is 32.9 Å². The first-order chi connectivity index (χ1) is 16.7. The van der Waals surface area contributed by atoms with Gasteiger partial charge in [0.1, 0.15) is 4.75 Å². The molecule has 35 heavy (non-hydrogen) atoms. The molecule has 1 aromatic carbocycles. The molecule has 1 aliphatic rings. The lowest BCUT2D eigenvalue weighted by Gasteiger charge is -2.30. The van der Waals surface area contributed by atoms with Gasteiger partial charge in [0.05, 0.1) is 18.4 Å². The number of nitrogens with zero attached hydrogens (tertiary/aromatic N) is 3. The fraction of sp³-hybridized carbons (Fsp3) is 0.348. The maximum Gasteiger partial charge on any atom is 0.319 e. The highest BCUT2D eigenvalue weighted by atomic mass is 32.2. The Morgan fingerprint density at radius 3 is 2.51 bits per heavy atom. The number of oxazole rings is 1. The molecule has 0 bridgehead atoms. The topological polar surface area (TPSA) is 133 Å². The van der Waals surface area contributed by atoms with Crippen LogP contribution in [0.4, 0.5) is 4.79 Å². The first-order valence-corrected chi connectivity index (χ1v) is 13.3. The van der Waals surface area contributed by atoms with E-state index in [1.165, 1.54) is 27.5 Å². The van der Waals surface area contributed by atoms with Gasteiger partial charge in [-0.1, -0.05) is 24.3 Å². The van der Waals surface area contributed by atoms with Gasteiger partial charge in [0.2, 0.25) is 5.91 Å². The number of hydroxylamine groups is 1. The quantitative estimate of drug-likeness (QED) is 0.392. The molecule has 0 aliphatic carbocycles. The van der Waals surface area contributed by atoms with Gasteiger partial charge in [-0.05, 0) is 24.1 Å². The number of carbonyl (C=O) groups excluding carboxylic acids is 2. The van der Waals surface area contributed by atoms with E-state index in [9.17, 15) is 23.2 Å². The van der Waals surface area contributed by atoms with Gasteiger partial charge in [-0.3, -0.25) is 10.0 Å². The minimum absolute atomic E-state index is 0.0309. The van der Waals surface area contributed by atoms with Gasteiger partial charge < -0.3 is 14.2 Å². The smallest absolute Gasteiger partial charge is 0.319 e. The summed E-state index contributed by atoms with van der Waals surface area (Å²) in [6, 6.07) is 10.8. The molecule has 3 amide bonds. The molecule has 1 saturated heterocycles. The molecule has 0 saturated carbocycles. The Labute approximate surface area is 207 Å². The predicted octanol–water partition coefficient (Wildman–Crippen LogP) is 2.96. The lowest BCUT2D eigenvalue weighted by molar-refractivity contribution is -0.129. The van der Waals surface area contributed by atoms with Gasteiger partial charge >= 0.3 is 6.03 Å². The van der Waals surface area contributed by atoms with E-state index in [-0.39, 0.29) is 31.3 Å². The van der Waals surface area contributed by atoms with Crippen LogP contribution in [0, 0.1) is 0 Å². The zero-order valence-corrected chi connectivity index (χ0v) is 20.9. The normalized spacial score (nSPS) is 19.7. The Bertz CT molecular complexity index is 1300. The predicted molar refractivity (Wildman–Crippen MR) is 131 cm³/mol. The second-order valence-corrected chi connectivity index (χ2v) is 12.0. The summed E-state index contributed by atoms with van der Waals surface area (Å²) in [5.74, 6) is -0.448. The molecular formula is C23H26N4O6S2. The molecule has 1 atom stereocenters. The third-order valence-corrected chi connectivity index (χ3v) is 10.1. The van der Waals surface area contributed by atoms with Crippen molar-refractivity contribution >= 4 is 33.1 Å². The van der Waals surface area contributed by atoms with Crippen molar-refractivity contribution in [1.82, 2.24) is 20.3 Å². The van der Waals surface area contributed by atoms with Gasteiger partial charge in [0, 0.05) is 42.5 Å². The van der Waals surface area contributed by atoms with E-state index in [0.717, 1.165) is 16.0 Å². The van der Waals surface area contributed by atoms with Crippen molar-refractivity contribution in [2.24, 2.45) is 0 Å². The number of thiophene rings is 1. The number of urea groups is 1. The average molecular weight is 519 g/mol. The van der Waals surface area contributed by atoms with Crippen LogP contribution in [0.2, 0.25) is 0 Å². The van der Waals surface area contributed by atoms with E-state index in [1.54, 1.807) is 31.8 Å². The van der Waals surface area contributed by atoms with Gasteiger partial charge in [-0.15, -0.1) is 11.3 Å². The zero-order valence-electron chi connectivity index (χ0n) is 19.3. The maximum absolute atomic E-state index is 13.6. The van der Waals surface area contributed by atoms with Crippen LogP contribution in [0.15, 0.2) is 53.4 Å². The van der Waals surface area contributed by atoms with E-state index in [1.807, 2.05) is 30.3 Å². The van der Waals surface area contributed by atoms with Crippen molar-refractivity contribution in [2.45, 2.75) is 17.6 Å². The Balaban J connectivity index is 1.70. The summed E-state index contributed by atoms with van der Waals surface area (Å²) in [4.78, 5) is 32.9. The maximum atomic E-state index is 13.6. The van der Waals surface area contributed by atoms with Crippen LogP contribution in [-0.4, -0.2) is 73.3 Å². The molecule has 1 fully saturated rings. The molecule has 2 N–H and O–H groups in total. The van der Waals surface area contributed by atoms with Crippen LogP contribution in [0.5, 0.6) is 0 Å². The Morgan fingerprint density at radius 2 is 1.89 bits per heavy atom. The number of aromatic nitrogens is 1. The van der Waals surface area contributed by atoms with Crippen molar-refractivity contribution in [1.29, 1.82) is 0 Å². The van der Waals surface area contributed by atoms with Gasteiger partial charge in [0.15, 0.2) is 22.0 Å². The van der Waals surface area contributed by atoms with Crippen molar-refractivity contribution < 1.29 is 27.6 Å². The first-order valence-electron chi connectivity index (χ1n) is 10.9. The lowest BCUT2D eigenvalue weighted by Crippen LogP contribution is -2.41. The van der Waals surface area contributed by atoms with E-state index in [0.29, 0.717) is 10.6 Å². The fourth-order valence-corrected chi connectivity index (χ4v) is 7.85. The summed E-state index contributed by atoms with van der Waals surface area (Å²) in [6.45, 7) is 0.192. The molecule has 10 nitrogen and oxygen atoms in total. The van der Waals surface area contributed by atoms with Gasteiger partial charge in [-0.25, -0.2) is 23.7 Å². The monoisotopic (exact) mass is 518 g/mol. The minimum Gasteiger partial charge on any atom is -0.444 e. The van der Waals surface area contributed by atoms with E-state index in [2.05, 4.69) is 4.98 Å². The Morgan fingerprint density at radius 1 is 1.17 bits per heavy atom. The third-order valence-electron chi connectivity index (χ3n) is 6.18. The number of nitrogens with one attached hydrogen (secondary N) is 1. The molecular weight excluding hydrogens is 492 g/mol. The van der Waals surface area contributed by atoms with Crippen LogP contribution in [0.1, 0.15) is 17.7 Å². The minimum atomic E-state index is -3.87. The summed E-state index contributed by atoms with van der Waals surface area (Å²) in [7, 11) is -0.661. The molecule has 3 heterocycles. The van der Waals surface area contributed by atoms with Crippen LogP contribution >= 0.6 is 11.3 Å². The van der Waals surface area contributed by atoms with Crippen LogP contribution in [-0.2, 0) is 19.4 Å². The lowest BCUT2D eigenvalue weighted by atomic mass is 9.97. The molecule has 0 radical (unpaired) electrons. The SMILES string of the molecule is CN(C)C(=O)N1CCC(CC(=O)NO)(c2ccc(-c3ccc(-c4cnco4)cc3)s2)S(=O)(=O)CC1. The fourth-order valence-electron chi connectivity index (χ4n) is 4.24. The highest BCUT2D eigenvalue weighted by molar-refractivity contribution is 7.92. The Kier molecular flexibility index (Phi) is 6.97. The summed E-state index contributed by atoms with van der Waals surface area (Å²) in [6.07, 6.45) is 2.57. The van der Waals surface area contributed by atoms with Crippen molar-refractivity contribution in [3.05, 3.63) is 53.9 Å². The molecule has 1 aliphatic heterocycles. The van der Waals surface area contributed by atoms with E-state index < -0.39 is 26.9 Å². The molecule has 2 aromatic heterocycles. The van der Waals surface area contributed by atoms with Crippen molar-refractivity contribution in [3.8, 4) is 21.8 Å². The van der Waals surface area contributed by atoms with E-state index in [4.69, 9.17) is 4.42 Å². The number of sulfone groups is 1. The Hall–Kier alpha value is -3.22. The van der Waals surface area contributed by atoms with Crippen LogP contribution < -0.4 is 5.48 Å². The van der Waals surface area contributed by atoms with Gasteiger partial charge in [0.25, 0.3) is 0 Å². The number of amides is 3. The number of benzene rings is 1. The molecule has 1 unspecified atom stereocenters. The second kappa shape index (κ2) is 9.80. The highest BCUT2D eigenvalue weighted by Crippen LogP contribution is 2.45. The summed E-state index contributed by atoms with van der Waals surface area (Å²) >= 11 is 1.28. The number of carbonyl (C=O) groups is 2. The van der Waals surface area contributed by atoms with Crippen molar-refractivity contribution in [3.63, 3.8) is 0 Å². The standard InChI is InChI=1S/C23H26N4O6S2/c1-26(2)22(29)27-10-9-23(13-21(28)25-30,35(31,32)12-11-27)20-8-7-19(34-20)17-5-3-16(4-6-17)18-14-24-15-33-18/h3-8,14-15,30H,9-13H2,1-2H3,(H,25,28). The third kappa shape index (κ3) is 4.81. The van der Waals surface area contributed by atoms with Gasteiger partial charge in [-0.2, -0.15) is 0 Å². The summed E-state index contributed by atoms with van der Waals surface area (Å²) in [5, 5.41) is 9.19. The van der Waals surface area contributed by atoms with Crippen LogP contribution in [0.3, 0.4) is 0 Å². The average Bonchev–Trinajstić information content (AvgIpc) is 3.53. The zero-order chi connectivity index (χ0) is 25.2. The molecule has 186 valence electrons. The molecule has 3 aromatic rings. The molecule has 0 spiro atoms. The largest absolute Gasteiger partial charge is 0.444 e. The molecule has 4 rings (SSSR count). The number of rotatable bonds is 5. The van der Waals surface area contributed by atoms with Crippen LogP contribution in [0.25, 0.3) is 21.8 Å². The molecule has 12 heteroatoms. The number of hydrogen-bond donors (Lipinski definition) is 2. The number of hydrogen-bond acceptors (Lipinski definition) is 8. The highest BCUT2D eigenvalue weighted by Gasteiger charge is 2.50. The second-order valence-electron chi connectivity index (χ2n) is 8.55. The summed E-state index contributed by atoms with van der Waals surface area (Å²) in [5.41, 5.74) is 3.31.